The normalized spacial score (nSPS) is 20.8. The third-order valence-electron chi connectivity index (χ3n) is 6.06. The van der Waals surface area contributed by atoms with Crippen molar-refractivity contribution >= 4 is 27.9 Å². The lowest BCUT2D eigenvalue weighted by Crippen LogP contribution is -2.52. The summed E-state index contributed by atoms with van der Waals surface area (Å²) in [5, 5.41) is 9.51. The van der Waals surface area contributed by atoms with Gasteiger partial charge in [-0.2, -0.15) is 0 Å². The molecule has 0 radical (unpaired) electrons. The van der Waals surface area contributed by atoms with Gasteiger partial charge >= 0.3 is 6.09 Å². The quantitative estimate of drug-likeness (QED) is 0.642. The van der Waals surface area contributed by atoms with E-state index in [4.69, 9.17) is 9.47 Å². The Morgan fingerprint density at radius 1 is 1.28 bits per heavy atom. The standard InChI is InChI=1S/C22H27BrN4O5/c1-13(2)18(26(3)21(29)30)20(28)27-12-22(31-8-9-32-22)10-17(27)19-24-11-16(25-19)14-4-6-15(23)7-5-14/h4-7,11,13,17-18H,8-10,12H2,1-3H3,(H,24,25)(H,29,30)/t17-,18-/m0/s1. The van der Waals surface area contributed by atoms with Gasteiger partial charge in [0.2, 0.25) is 5.91 Å². The van der Waals surface area contributed by atoms with Crippen molar-refractivity contribution in [1.82, 2.24) is 19.8 Å². The Labute approximate surface area is 194 Å². The number of benzene rings is 1. The summed E-state index contributed by atoms with van der Waals surface area (Å²) in [6.45, 7) is 4.81. The van der Waals surface area contributed by atoms with Crippen molar-refractivity contribution < 1.29 is 24.2 Å². The zero-order valence-electron chi connectivity index (χ0n) is 18.2. The lowest BCUT2D eigenvalue weighted by atomic mass is 10.0. The van der Waals surface area contributed by atoms with Gasteiger partial charge in [0.1, 0.15) is 11.9 Å². The second-order valence-corrected chi connectivity index (χ2v) is 9.48. The molecule has 10 heteroatoms. The molecule has 1 aromatic carbocycles. The first-order valence-corrected chi connectivity index (χ1v) is 11.3. The lowest BCUT2D eigenvalue weighted by molar-refractivity contribution is -0.155. The molecule has 2 fully saturated rings. The molecule has 0 aliphatic carbocycles. The van der Waals surface area contributed by atoms with Gasteiger partial charge in [0, 0.05) is 17.9 Å². The Hall–Kier alpha value is -2.43. The second-order valence-electron chi connectivity index (χ2n) is 8.57. The molecule has 172 valence electrons. The molecule has 2 aliphatic heterocycles. The number of ether oxygens (including phenoxy) is 2. The maximum atomic E-state index is 13.6. The summed E-state index contributed by atoms with van der Waals surface area (Å²) in [5.74, 6) is -0.768. The lowest BCUT2D eigenvalue weighted by Gasteiger charge is -2.33. The van der Waals surface area contributed by atoms with Gasteiger partial charge in [0.15, 0.2) is 5.79 Å². The van der Waals surface area contributed by atoms with Crippen molar-refractivity contribution in [2.24, 2.45) is 5.92 Å². The largest absolute Gasteiger partial charge is 0.465 e. The number of nitrogens with zero attached hydrogens (tertiary/aromatic N) is 3. The highest BCUT2D eigenvalue weighted by atomic mass is 79.9. The number of carbonyl (C=O) groups is 2. The molecule has 0 saturated carbocycles. The van der Waals surface area contributed by atoms with Crippen LogP contribution in [-0.4, -0.2) is 75.5 Å². The number of halogens is 1. The fourth-order valence-electron chi connectivity index (χ4n) is 4.49. The van der Waals surface area contributed by atoms with Crippen LogP contribution in [0.2, 0.25) is 0 Å². The van der Waals surface area contributed by atoms with Crippen LogP contribution in [0.4, 0.5) is 4.79 Å². The summed E-state index contributed by atoms with van der Waals surface area (Å²) in [7, 11) is 1.42. The number of likely N-dealkylation sites (tertiary alicyclic amines) is 1. The van der Waals surface area contributed by atoms with Crippen LogP contribution >= 0.6 is 15.9 Å². The number of hydrogen-bond acceptors (Lipinski definition) is 5. The molecular weight excluding hydrogens is 480 g/mol. The van der Waals surface area contributed by atoms with Crippen molar-refractivity contribution in [3.05, 3.63) is 40.8 Å². The Kier molecular flexibility index (Phi) is 6.28. The first kappa shape index (κ1) is 22.8. The Bertz CT molecular complexity index is 986. The molecule has 3 heterocycles. The smallest absolute Gasteiger partial charge is 0.407 e. The molecule has 2 amide bonds. The van der Waals surface area contributed by atoms with E-state index in [0.29, 0.717) is 25.5 Å². The van der Waals surface area contributed by atoms with Crippen LogP contribution in [0.3, 0.4) is 0 Å². The average molecular weight is 507 g/mol. The molecule has 2 saturated heterocycles. The average Bonchev–Trinajstić information content (AvgIpc) is 3.49. The van der Waals surface area contributed by atoms with Crippen LogP contribution in [0, 0.1) is 5.92 Å². The van der Waals surface area contributed by atoms with Gasteiger partial charge < -0.3 is 24.5 Å². The van der Waals surface area contributed by atoms with E-state index in [0.717, 1.165) is 20.6 Å². The first-order valence-electron chi connectivity index (χ1n) is 10.6. The van der Waals surface area contributed by atoms with Crippen LogP contribution in [0.15, 0.2) is 34.9 Å². The molecule has 4 rings (SSSR count). The van der Waals surface area contributed by atoms with E-state index in [-0.39, 0.29) is 18.4 Å². The summed E-state index contributed by atoms with van der Waals surface area (Å²) < 4.78 is 12.8. The molecule has 2 aliphatic rings. The number of imidazole rings is 1. The first-order chi connectivity index (χ1) is 15.2. The van der Waals surface area contributed by atoms with Crippen LogP contribution in [0.5, 0.6) is 0 Å². The summed E-state index contributed by atoms with van der Waals surface area (Å²) >= 11 is 3.44. The molecule has 32 heavy (non-hydrogen) atoms. The number of amides is 2. The van der Waals surface area contributed by atoms with E-state index in [2.05, 4.69) is 25.9 Å². The van der Waals surface area contributed by atoms with E-state index in [1.165, 1.54) is 7.05 Å². The predicted octanol–water partition coefficient (Wildman–Crippen LogP) is 3.49. The summed E-state index contributed by atoms with van der Waals surface area (Å²) in [6.07, 6.45) is 1.02. The van der Waals surface area contributed by atoms with E-state index in [9.17, 15) is 14.7 Å². The molecule has 1 aromatic heterocycles. The molecule has 1 spiro atoms. The number of rotatable bonds is 5. The number of likely N-dealkylation sites (N-methyl/N-ethyl adjacent to an activating group) is 1. The maximum Gasteiger partial charge on any atom is 0.407 e. The van der Waals surface area contributed by atoms with Crippen molar-refractivity contribution in [1.29, 1.82) is 0 Å². The Balaban J connectivity index is 1.66. The summed E-state index contributed by atoms with van der Waals surface area (Å²) in [5.41, 5.74) is 1.80. The fraction of sp³-hybridized carbons (Fsp3) is 0.500. The minimum atomic E-state index is -1.15. The van der Waals surface area contributed by atoms with Gasteiger partial charge in [0.05, 0.1) is 37.7 Å². The summed E-state index contributed by atoms with van der Waals surface area (Å²) in [6, 6.07) is 6.60. The third kappa shape index (κ3) is 4.26. The highest BCUT2D eigenvalue weighted by Gasteiger charge is 2.53. The van der Waals surface area contributed by atoms with Gasteiger partial charge in [-0.25, -0.2) is 9.78 Å². The van der Waals surface area contributed by atoms with Gasteiger partial charge in [0.25, 0.3) is 0 Å². The highest BCUT2D eigenvalue weighted by Crippen LogP contribution is 2.42. The Morgan fingerprint density at radius 3 is 2.53 bits per heavy atom. The van der Waals surface area contributed by atoms with Gasteiger partial charge in [-0.3, -0.25) is 9.69 Å². The monoisotopic (exact) mass is 506 g/mol. The van der Waals surface area contributed by atoms with Crippen molar-refractivity contribution in [2.45, 2.75) is 38.1 Å². The van der Waals surface area contributed by atoms with Crippen LogP contribution in [0.1, 0.15) is 32.1 Å². The van der Waals surface area contributed by atoms with E-state index in [1.807, 2.05) is 38.1 Å². The van der Waals surface area contributed by atoms with Crippen molar-refractivity contribution in [2.75, 3.05) is 26.8 Å². The number of aromatic amines is 1. The van der Waals surface area contributed by atoms with Crippen molar-refractivity contribution in [3.8, 4) is 11.3 Å². The number of carboxylic acid groups (broad SMARTS) is 1. The number of nitrogens with one attached hydrogen (secondary N) is 1. The van der Waals surface area contributed by atoms with Crippen LogP contribution < -0.4 is 0 Å². The van der Waals surface area contributed by atoms with Gasteiger partial charge in [-0.15, -0.1) is 0 Å². The van der Waals surface area contributed by atoms with E-state index in [1.54, 1.807) is 11.1 Å². The van der Waals surface area contributed by atoms with Gasteiger partial charge in [-0.05, 0) is 23.6 Å². The maximum absolute atomic E-state index is 13.6. The van der Waals surface area contributed by atoms with Gasteiger partial charge in [-0.1, -0.05) is 41.9 Å². The number of carbonyl (C=O) groups excluding carboxylic acids is 1. The Morgan fingerprint density at radius 2 is 1.94 bits per heavy atom. The highest BCUT2D eigenvalue weighted by molar-refractivity contribution is 9.10. The minimum Gasteiger partial charge on any atom is -0.465 e. The van der Waals surface area contributed by atoms with Crippen molar-refractivity contribution in [3.63, 3.8) is 0 Å². The molecule has 2 aromatic rings. The zero-order valence-corrected chi connectivity index (χ0v) is 19.8. The SMILES string of the molecule is CC(C)[C@@H](C(=O)N1CC2(C[C@H]1c1ncc(-c3ccc(Br)cc3)[nH]1)OCCO2)N(C)C(=O)O. The van der Waals surface area contributed by atoms with E-state index < -0.39 is 24.0 Å². The molecule has 2 atom stereocenters. The van der Waals surface area contributed by atoms with E-state index >= 15 is 0 Å². The zero-order chi connectivity index (χ0) is 23.0. The predicted molar refractivity (Wildman–Crippen MR) is 120 cm³/mol. The molecular formula is C22H27BrN4O5. The molecule has 2 N–H and O–H groups in total. The minimum absolute atomic E-state index is 0.207. The van der Waals surface area contributed by atoms with Crippen LogP contribution in [0.25, 0.3) is 11.3 Å². The second kappa shape index (κ2) is 8.84. The number of hydrogen-bond donors (Lipinski definition) is 2. The fourth-order valence-corrected chi connectivity index (χ4v) is 4.75. The number of H-pyrrole nitrogens is 1. The van der Waals surface area contributed by atoms with Crippen LogP contribution in [-0.2, 0) is 14.3 Å². The third-order valence-corrected chi connectivity index (χ3v) is 6.59. The topological polar surface area (TPSA) is 108 Å². The molecule has 0 unspecified atom stereocenters. The number of aromatic nitrogens is 2. The molecule has 0 bridgehead atoms. The summed E-state index contributed by atoms with van der Waals surface area (Å²) in [4.78, 5) is 35.9. The molecule has 9 nitrogen and oxygen atoms in total.